The summed E-state index contributed by atoms with van der Waals surface area (Å²) in [5.41, 5.74) is -0.192. The van der Waals surface area contributed by atoms with Gasteiger partial charge in [-0.15, -0.1) is 0 Å². The van der Waals surface area contributed by atoms with Crippen molar-refractivity contribution < 1.29 is 17.9 Å². The highest BCUT2D eigenvalue weighted by Gasteiger charge is 2.28. The molecule has 118 valence electrons. The zero-order valence-electron chi connectivity index (χ0n) is 11.8. The molecule has 0 aliphatic heterocycles. The molecule has 2 heterocycles. The van der Waals surface area contributed by atoms with E-state index in [9.17, 15) is 13.2 Å². The highest BCUT2D eigenvalue weighted by atomic mass is 35.5. The van der Waals surface area contributed by atoms with Crippen LogP contribution in [-0.4, -0.2) is 35.4 Å². The number of methoxy groups -OCH3 is 1. The molecule has 0 saturated carbocycles. The molecule has 3 aromatic rings. The first-order chi connectivity index (χ1) is 11.0. The molecule has 1 aromatic carbocycles. The van der Waals surface area contributed by atoms with Crippen molar-refractivity contribution in [3.8, 4) is 0 Å². The molecule has 0 unspecified atom stereocenters. The third-order valence-corrected chi connectivity index (χ3v) is 5.20. The number of hydrogen-bond donors (Lipinski definition) is 0. The fourth-order valence-corrected chi connectivity index (χ4v) is 3.80. The number of carbonyl (C=O) groups excluding carboxylic acids is 1. The zero-order chi connectivity index (χ0) is 16.6. The lowest BCUT2D eigenvalue weighted by Crippen LogP contribution is -2.19. The summed E-state index contributed by atoms with van der Waals surface area (Å²) in [6.45, 7) is 0. The highest BCUT2D eigenvalue weighted by molar-refractivity contribution is 7.90. The van der Waals surface area contributed by atoms with Crippen LogP contribution in [0.4, 0.5) is 0 Å². The van der Waals surface area contributed by atoms with Gasteiger partial charge in [0.2, 0.25) is 0 Å². The lowest BCUT2D eigenvalue weighted by atomic mass is 10.4. The quantitative estimate of drug-likeness (QED) is 0.530. The van der Waals surface area contributed by atoms with Crippen molar-refractivity contribution in [3.63, 3.8) is 0 Å². The minimum atomic E-state index is -4.06. The molecule has 2 aromatic heterocycles. The first-order valence-corrected chi connectivity index (χ1v) is 8.19. The van der Waals surface area contributed by atoms with Crippen LogP contribution >= 0.6 is 11.6 Å². The van der Waals surface area contributed by atoms with E-state index in [0.29, 0.717) is 0 Å². The Morgan fingerprint density at radius 1 is 1.22 bits per heavy atom. The molecule has 7 nitrogen and oxygen atoms in total. The first kappa shape index (κ1) is 15.4. The molecule has 23 heavy (non-hydrogen) atoms. The predicted molar refractivity (Wildman–Crippen MR) is 82.9 cm³/mol. The van der Waals surface area contributed by atoms with E-state index in [1.807, 2.05) is 0 Å². The first-order valence-electron chi connectivity index (χ1n) is 6.37. The van der Waals surface area contributed by atoms with Gasteiger partial charge in [0, 0.05) is 0 Å². The molecule has 0 amide bonds. The maximum absolute atomic E-state index is 12.9. The van der Waals surface area contributed by atoms with Gasteiger partial charge < -0.3 is 4.74 Å². The van der Waals surface area contributed by atoms with Crippen LogP contribution in [0.25, 0.3) is 11.0 Å². The van der Waals surface area contributed by atoms with Gasteiger partial charge in [0.05, 0.1) is 17.4 Å². The summed E-state index contributed by atoms with van der Waals surface area (Å²) >= 11 is 5.97. The summed E-state index contributed by atoms with van der Waals surface area (Å²) in [6, 6.07) is 8.99. The number of nitrogens with zero attached hydrogens (tertiary/aromatic N) is 3. The number of rotatable bonds is 3. The standard InChI is InChI=1S/C14H10ClN3O4S/c1-22-14(19)11-7-10-12(15)16-8-17-13(10)18(11)23(20,21)9-5-3-2-4-6-9/h2-8H,1H3. The molecular formula is C14H10ClN3O4S. The number of fused-ring (bicyclic) bond motifs is 1. The molecule has 3 rings (SSSR count). The van der Waals surface area contributed by atoms with Gasteiger partial charge in [0.15, 0.2) is 5.65 Å². The molecule has 0 saturated heterocycles. The van der Waals surface area contributed by atoms with E-state index >= 15 is 0 Å². The summed E-state index contributed by atoms with van der Waals surface area (Å²) in [5.74, 6) is -0.821. The average molecular weight is 352 g/mol. The highest BCUT2D eigenvalue weighted by Crippen LogP contribution is 2.28. The van der Waals surface area contributed by atoms with Crippen LogP contribution in [0.1, 0.15) is 10.5 Å². The number of benzene rings is 1. The van der Waals surface area contributed by atoms with Crippen molar-refractivity contribution in [2.75, 3.05) is 7.11 Å². The van der Waals surface area contributed by atoms with E-state index in [1.54, 1.807) is 18.2 Å². The molecule has 0 bridgehead atoms. The monoisotopic (exact) mass is 351 g/mol. The number of halogens is 1. The molecule has 0 aliphatic carbocycles. The maximum atomic E-state index is 12.9. The topological polar surface area (TPSA) is 91.2 Å². The second-order valence-electron chi connectivity index (χ2n) is 4.51. The van der Waals surface area contributed by atoms with Crippen molar-refractivity contribution >= 4 is 38.6 Å². The maximum Gasteiger partial charge on any atom is 0.355 e. The van der Waals surface area contributed by atoms with E-state index < -0.39 is 16.0 Å². The van der Waals surface area contributed by atoms with Gasteiger partial charge in [-0.25, -0.2) is 27.2 Å². The second-order valence-corrected chi connectivity index (χ2v) is 6.65. The molecule has 0 atom stereocenters. The number of aromatic nitrogens is 3. The normalized spacial score (nSPS) is 11.6. The van der Waals surface area contributed by atoms with Crippen molar-refractivity contribution in [1.29, 1.82) is 0 Å². The Bertz CT molecular complexity index is 1000. The van der Waals surface area contributed by atoms with E-state index in [0.717, 1.165) is 17.4 Å². The van der Waals surface area contributed by atoms with Gasteiger partial charge in [-0.05, 0) is 18.2 Å². The van der Waals surface area contributed by atoms with Crippen LogP contribution in [0, 0.1) is 0 Å². The minimum absolute atomic E-state index is 0.00857. The lowest BCUT2D eigenvalue weighted by molar-refractivity contribution is 0.0593. The zero-order valence-corrected chi connectivity index (χ0v) is 13.4. The van der Waals surface area contributed by atoms with Gasteiger partial charge in [-0.1, -0.05) is 29.8 Å². The molecule has 0 N–H and O–H groups in total. The van der Waals surface area contributed by atoms with Gasteiger partial charge in [-0.3, -0.25) is 0 Å². The Hall–Kier alpha value is -2.45. The van der Waals surface area contributed by atoms with Gasteiger partial charge in [-0.2, -0.15) is 0 Å². The molecule has 9 heteroatoms. The van der Waals surface area contributed by atoms with Crippen molar-refractivity contribution in [1.82, 2.24) is 13.9 Å². The Balaban J connectivity index is 2.40. The Kier molecular flexibility index (Phi) is 3.78. The van der Waals surface area contributed by atoms with Crippen LogP contribution in [0.2, 0.25) is 5.15 Å². The van der Waals surface area contributed by atoms with E-state index in [2.05, 4.69) is 14.7 Å². The summed E-state index contributed by atoms with van der Waals surface area (Å²) in [4.78, 5) is 19.8. The van der Waals surface area contributed by atoms with Gasteiger partial charge in [0.1, 0.15) is 17.2 Å². The fraction of sp³-hybridized carbons (Fsp3) is 0.0714. The van der Waals surface area contributed by atoms with E-state index in [4.69, 9.17) is 11.6 Å². The lowest BCUT2D eigenvalue weighted by Gasteiger charge is -2.10. The molecular weight excluding hydrogens is 342 g/mol. The van der Waals surface area contributed by atoms with Crippen LogP contribution in [0.3, 0.4) is 0 Å². The summed E-state index contributed by atoms with van der Waals surface area (Å²) in [7, 11) is -2.90. The predicted octanol–water partition coefficient (Wildman–Crippen LogP) is 2.11. The largest absolute Gasteiger partial charge is 0.464 e. The van der Waals surface area contributed by atoms with Crippen LogP contribution in [-0.2, 0) is 14.8 Å². The Morgan fingerprint density at radius 2 is 1.91 bits per heavy atom. The molecule has 0 aliphatic rings. The van der Waals surface area contributed by atoms with Crippen molar-refractivity contribution in [2.45, 2.75) is 4.90 Å². The van der Waals surface area contributed by atoms with Crippen LogP contribution in [0.5, 0.6) is 0 Å². The van der Waals surface area contributed by atoms with E-state index in [1.165, 1.54) is 18.2 Å². The number of carbonyl (C=O) groups is 1. The SMILES string of the molecule is COC(=O)c1cc2c(Cl)ncnc2n1S(=O)(=O)c1ccccc1. The van der Waals surface area contributed by atoms with Crippen LogP contribution in [0.15, 0.2) is 47.6 Å². The Morgan fingerprint density at radius 3 is 2.57 bits per heavy atom. The van der Waals surface area contributed by atoms with E-state index in [-0.39, 0.29) is 26.8 Å². The number of ether oxygens (including phenoxy) is 1. The van der Waals surface area contributed by atoms with Crippen molar-refractivity contribution in [3.05, 3.63) is 53.6 Å². The number of hydrogen-bond acceptors (Lipinski definition) is 6. The second kappa shape index (κ2) is 5.64. The van der Waals surface area contributed by atoms with Gasteiger partial charge in [0.25, 0.3) is 10.0 Å². The summed E-state index contributed by atoms with van der Waals surface area (Å²) in [5, 5.41) is 0.288. The van der Waals surface area contributed by atoms with Gasteiger partial charge >= 0.3 is 5.97 Å². The number of esters is 1. The molecule has 0 fully saturated rings. The average Bonchev–Trinajstić information content (AvgIpc) is 2.96. The molecule has 0 spiro atoms. The van der Waals surface area contributed by atoms with Crippen LogP contribution < -0.4 is 0 Å². The molecule has 0 radical (unpaired) electrons. The third kappa shape index (κ3) is 2.45. The van der Waals surface area contributed by atoms with Crippen molar-refractivity contribution in [2.24, 2.45) is 0 Å². The fourth-order valence-electron chi connectivity index (χ4n) is 2.15. The third-order valence-electron chi connectivity index (χ3n) is 3.18. The Labute approximate surface area is 136 Å². The smallest absolute Gasteiger partial charge is 0.355 e. The summed E-state index contributed by atoms with van der Waals surface area (Å²) in [6.07, 6.45) is 1.13. The minimum Gasteiger partial charge on any atom is -0.464 e. The summed E-state index contributed by atoms with van der Waals surface area (Å²) < 4.78 is 31.3.